The highest BCUT2D eigenvalue weighted by atomic mass is 16.3. The molecule has 2 bridgehead atoms. The molecule has 0 amide bonds. The van der Waals surface area contributed by atoms with Crippen LogP contribution in [-0.4, -0.2) is 17.0 Å². The monoisotopic (exact) mass is 126 g/mol. The molecule has 9 heavy (non-hydrogen) atoms. The molecular formula is C7H10O2. The van der Waals surface area contributed by atoms with E-state index in [4.69, 9.17) is 5.11 Å². The largest absolute Gasteiger partial charge is 0.392 e. The van der Waals surface area contributed by atoms with Crippen LogP contribution < -0.4 is 0 Å². The predicted molar refractivity (Wildman–Crippen MR) is 31.8 cm³/mol. The van der Waals surface area contributed by atoms with E-state index in [1.807, 2.05) is 0 Å². The van der Waals surface area contributed by atoms with E-state index in [1.165, 1.54) is 0 Å². The van der Waals surface area contributed by atoms with Crippen molar-refractivity contribution < 1.29 is 9.90 Å². The maximum Gasteiger partial charge on any atom is 0.138 e. The molecule has 1 N–H and O–H groups in total. The van der Waals surface area contributed by atoms with Gasteiger partial charge in [-0.25, -0.2) is 0 Å². The maximum absolute atomic E-state index is 10.9. The van der Waals surface area contributed by atoms with E-state index >= 15 is 0 Å². The summed E-state index contributed by atoms with van der Waals surface area (Å²) in [6, 6.07) is 0. The second kappa shape index (κ2) is 1.57. The minimum absolute atomic E-state index is 0.0231. The van der Waals surface area contributed by atoms with E-state index in [9.17, 15) is 4.79 Å². The van der Waals surface area contributed by atoms with Crippen molar-refractivity contribution >= 4 is 5.78 Å². The lowest BCUT2D eigenvalue weighted by atomic mass is 9.97. The number of hydrogen-bond donors (Lipinski definition) is 1. The van der Waals surface area contributed by atoms with E-state index in [1.54, 1.807) is 0 Å². The SMILES string of the molecule is O=C1C[C@@H]2C[C@@H](O)[C@H]1C2. The first-order chi connectivity index (χ1) is 4.27. The van der Waals surface area contributed by atoms with E-state index in [-0.39, 0.29) is 12.0 Å². The molecule has 2 saturated carbocycles. The smallest absolute Gasteiger partial charge is 0.138 e. The number of Topliss-reactive ketones (excluding diaryl/α,β-unsaturated/α-hetero) is 1. The fraction of sp³-hybridized carbons (Fsp3) is 0.857. The van der Waals surface area contributed by atoms with Gasteiger partial charge in [-0.2, -0.15) is 0 Å². The number of ketones is 1. The molecule has 0 aromatic heterocycles. The minimum atomic E-state index is -0.295. The van der Waals surface area contributed by atoms with Gasteiger partial charge in [0.2, 0.25) is 0 Å². The number of aliphatic hydroxyl groups is 1. The summed E-state index contributed by atoms with van der Waals surface area (Å²) >= 11 is 0. The van der Waals surface area contributed by atoms with Crippen LogP contribution in [0.2, 0.25) is 0 Å². The van der Waals surface area contributed by atoms with Crippen molar-refractivity contribution in [2.45, 2.75) is 25.4 Å². The Morgan fingerprint density at radius 1 is 1.44 bits per heavy atom. The van der Waals surface area contributed by atoms with Gasteiger partial charge in [-0.1, -0.05) is 0 Å². The molecule has 0 saturated heterocycles. The average molecular weight is 126 g/mol. The molecule has 2 nitrogen and oxygen atoms in total. The lowest BCUT2D eigenvalue weighted by molar-refractivity contribution is -0.125. The van der Waals surface area contributed by atoms with Gasteiger partial charge in [-0.05, 0) is 18.8 Å². The highest BCUT2D eigenvalue weighted by Crippen LogP contribution is 2.41. The first-order valence-electron chi connectivity index (χ1n) is 3.48. The third-order valence-electron chi connectivity index (χ3n) is 2.53. The van der Waals surface area contributed by atoms with Crippen LogP contribution in [0.4, 0.5) is 0 Å². The lowest BCUT2D eigenvalue weighted by Gasteiger charge is -2.13. The Morgan fingerprint density at radius 2 is 2.22 bits per heavy atom. The van der Waals surface area contributed by atoms with Crippen molar-refractivity contribution in [3.8, 4) is 0 Å². The summed E-state index contributed by atoms with van der Waals surface area (Å²) in [5.74, 6) is 0.839. The number of hydrogen-bond acceptors (Lipinski definition) is 2. The van der Waals surface area contributed by atoms with Crippen molar-refractivity contribution in [3.05, 3.63) is 0 Å². The highest BCUT2D eigenvalue weighted by Gasteiger charge is 2.44. The zero-order valence-electron chi connectivity index (χ0n) is 5.21. The zero-order chi connectivity index (χ0) is 6.43. The van der Waals surface area contributed by atoms with Crippen molar-refractivity contribution in [1.29, 1.82) is 0 Å². The standard InChI is InChI=1S/C7H10O2/c8-6-2-4-1-5(6)7(9)3-4/h4-6,8H,1-3H2/t4-,5+,6+/m0/s1. The molecular weight excluding hydrogens is 116 g/mol. The van der Waals surface area contributed by atoms with Crippen molar-refractivity contribution in [3.63, 3.8) is 0 Å². The van der Waals surface area contributed by atoms with E-state index < -0.39 is 0 Å². The molecule has 0 heterocycles. The van der Waals surface area contributed by atoms with Gasteiger partial charge in [0.05, 0.1) is 6.10 Å². The fourth-order valence-corrected chi connectivity index (χ4v) is 2.07. The molecule has 0 radical (unpaired) electrons. The van der Waals surface area contributed by atoms with Crippen molar-refractivity contribution in [1.82, 2.24) is 0 Å². The van der Waals surface area contributed by atoms with Gasteiger partial charge in [-0.15, -0.1) is 0 Å². The van der Waals surface area contributed by atoms with Crippen LogP contribution in [0, 0.1) is 11.8 Å². The third-order valence-corrected chi connectivity index (χ3v) is 2.53. The van der Waals surface area contributed by atoms with Gasteiger partial charge in [0.15, 0.2) is 0 Å². The summed E-state index contributed by atoms with van der Waals surface area (Å²) in [6.07, 6.45) is 2.27. The fourth-order valence-electron chi connectivity index (χ4n) is 2.07. The average Bonchev–Trinajstić information content (AvgIpc) is 2.22. The Kier molecular flexibility index (Phi) is 0.943. The molecule has 50 valence electrons. The van der Waals surface area contributed by atoms with Crippen LogP contribution in [-0.2, 0) is 4.79 Å². The molecule has 0 spiro atoms. The number of carbonyl (C=O) groups is 1. The van der Waals surface area contributed by atoms with Gasteiger partial charge >= 0.3 is 0 Å². The van der Waals surface area contributed by atoms with Crippen LogP contribution in [0.1, 0.15) is 19.3 Å². The Bertz CT molecular complexity index is 153. The summed E-state index contributed by atoms with van der Waals surface area (Å²) in [5, 5.41) is 9.17. The van der Waals surface area contributed by atoms with Gasteiger partial charge < -0.3 is 5.11 Å². The van der Waals surface area contributed by atoms with E-state index in [0.29, 0.717) is 11.7 Å². The summed E-state index contributed by atoms with van der Waals surface area (Å²) in [4.78, 5) is 10.9. The topological polar surface area (TPSA) is 37.3 Å². The van der Waals surface area contributed by atoms with Crippen LogP contribution in [0.5, 0.6) is 0 Å². The highest BCUT2D eigenvalue weighted by molar-refractivity contribution is 5.84. The minimum Gasteiger partial charge on any atom is -0.392 e. The van der Waals surface area contributed by atoms with Crippen LogP contribution in [0.25, 0.3) is 0 Å². The predicted octanol–water partition coefficient (Wildman–Crippen LogP) is 0.346. The molecule has 2 aliphatic rings. The van der Waals surface area contributed by atoms with Crippen LogP contribution in [0.15, 0.2) is 0 Å². The third kappa shape index (κ3) is 0.628. The van der Waals surface area contributed by atoms with Crippen LogP contribution in [0.3, 0.4) is 0 Å². The van der Waals surface area contributed by atoms with Crippen molar-refractivity contribution in [2.75, 3.05) is 0 Å². The normalized spacial score (nSPS) is 48.6. The molecule has 2 aliphatic carbocycles. The number of aliphatic hydroxyl groups excluding tert-OH is 1. The first kappa shape index (κ1) is 5.42. The summed E-state index contributed by atoms with van der Waals surface area (Å²) in [5.41, 5.74) is 0. The lowest BCUT2D eigenvalue weighted by Crippen LogP contribution is -2.23. The molecule has 0 aromatic rings. The van der Waals surface area contributed by atoms with E-state index in [2.05, 4.69) is 0 Å². The van der Waals surface area contributed by atoms with Crippen LogP contribution >= 0.6 is 0 Å². The number of rotatable bonds is 0. The van der Waals surface area contributed by atoms with Gasteiger partial charge in [0.25, 0.3) is 0 Å². The van der Waals surface area contributed by atoms with Crippen molar-refractivity contribution in [2.24, 2.45) is 11.8 Å². The van der Waals surface area contributed by atoms with Gasteiger partial charge in [-0.3, -0.25) is 4.79 Å². The molecule has 2 heteroatoms. The molecule has 3 atom stereocenters. The Labute approximate surface area is 53.9 Å². The Hall–Kier alpha value is -0.370. The second-order valence-corrected chi connectivity index (χ2v) is 3.18. The summed E-state index contributed by atoms with van der Waals surface area (Å²) in [7, 11) is 0. The number of carbonyl (C=O) groups excluding carboxylic acids is 1. The number of fused-ring (bicyclic) bond motifs is 2. The Morgan fingerprint density at radius 3 is 2.56 bits per heavy atom. The maximum atomic E-state index is 10.9. The van der Waals surface area contributed by atoms with Gasteiger partial charge in [0, 0.05) is 12.3 Å². The second-order valence-electron chi connectivity index (χ2n) is 3.18. The summed E-state index contributed by atoms with van der Waals surface area (Å²) in [6.45, 7) is 0. The zero-order valence-corrected chi connectivity index (χ0v) is 5.21. The molecule has 0 unspecified atom stereocenters. The quantitative estimate of drug-likeness (QED) is 0.508. The Balaban J connectivity index is 2.21. The molecule has 2 rings (SSSR count). The van der Waals surface area contributed by atoms with Gasteiger partial charge in [0.1, 0.15) is 5.78 Å². The van der Waals surface area contributed by atoms with E-state index in [0.717, 1.165) is 19.3 Å². The summed E-state index contributed by atoms with van der Waals surface area (Å²) < 4.78 is 0. The molecule has 0 aliphatic heterocycles. The first-order valence-corrected chi connectivity index (χ1v) is 3.48. The molecule has 0 aromatic carbocycles. The molecule has 2 fully saturated rings.